The van der Waals surface area contributed by atoms with Crippen LogP contribution in [0.25, 0.3) is 10.9 Å². The van der Waals surface area contributed by atoms with Crippen LogP contribution < -0.4 is 4.74 Å². The Morgan fingerprint density at radius 1 is 1.19 bits per heavy atom. The highest BCUT2D eigenvalue weighted by Gasteiger charge is 2.17. The van der Waals surface area contributed by atoms with Crippen molar-refractivity contribution in [2.45, 2.75) is 6.61 Å². The van der Waals surface area contributed by atoms with E-state index >= 15 is 0 Å². The summed E-state index contributed by atoms with van der Waals surface area (Å²) in [5.41, 5.74) is 0.971. The fraction of sp³-hybridized carbons (Fsp3) is 0.111. The van der Waals surface area contributed by atoms with E-state index < -0.39 is 10.9 Å². The fourth-order valence-corrected chi connectivity index (χ4v) is 2.85. The molecule has 0 bridgehead atoms. The average molecular weight is 407 g/mol. The molecule has 3 aromatic rings. The van der Waals surface area contributed by atoms with Crippen LogP contribution in [0.4, 0.5) is 5.69 Å². The maximum atomic E-state index is 12.2. The minimum absolute atomic E-state index is 0.0249. The molecule has 0 radical (unpaired) electrons. The van der Waals surface area contributed by atoms with Crippen LogP contribution >= 0.6 is 23.2 Å². The van der Waals surface area contributed by atoms with Gasteiger partial charge in [0.05, 0.1) is 28.1 Å². The molecule has 0 spiro atoms. The highest BCUT2D eigenvalue weighted by molar-refractivity contribution is 6.33. The fourth-order valence-electron chi connectivity index (χ4n) is 2.40. The van der Waals surface area contributed by atoms with Crippen LogP contribution in [-0.4, -0.2) is 23.0 Å². The van der Waals surface area contributed by atoms with Crippen molar-refractivity contribution >= 4 is 45.8 Å². The van der Waals surface area contributed by atoms with Gasteiger partial charge in [-0.15, -0.1) is 0 Å². The number of fused-ring (bicyclic) bond motifs is 1. The van der Waals surface area contributed by atoms with Crippen molar-refractivity contribution in [1.82, 2.24) is 4.98 Å². The molecule has 0 saturated carbocycles. The lowest BCUT2D eigenvalue weighted by atomic mass is 10.1. The summed E-state index contributed by atoms with van der Waals surface area (Å²) < 4.78 is 10.4. The second-order valence-corrected chi connectivity index (χ2v) is 6.26. The first-order chi connectivity index (χ1) is 12.9. The first-order valence-electron chi connectivity index (χ1n) is 7.63. The molecule has 7 nitrogen and oxygen atoms in total. The molecule has 1 heterocycles. The summed E-state index contributed by atoms with van der Waals surface area (Å²) >= 11 is 12.1. The first kappa shape index (κ1) is 18.9. The Balaban J connectivity index is 1.79. The molecule has 0 saturated heterocycles. The number of methoxy groups -OCH3 is 1. The Labute approximate surface area is 163 Å². The monoisotopic (exact) mass is 406 g/mol. The predicted octanol–water partition coefficient (Wildman–Crippen LogP) is 4.82. The Bertz CT molecular complexity index is 1060. The van der Waals surface area contributed by atoms with Gasteiger partial charge in [0.1, 0.15) is 17.5 Å². The molecule has 1 aromatic heterocycles. The summed E-state index contributed by atoms with van der Waals surface area (Å²) in [5, 5.41) is 11.7. The minimum Gasteiger partial charge on any atom is -0.497 e. The Morgan fingerprint density at radius 3 is 2.63 bits per heavy atom. The molecule has 9 heteroatoms. The third kappa shape index (κ3) is 4.10. The number of pyridine rings is 1. The Kier molecular flexibility index (Phi) is 5.43. The predicted molar refractivity (Wildman–Crippen MR) is 101 cm³/mol. The van der Waals surface area contributed by atoms with E-state index in [0.717, 1.165) is 11.5 Å². The number of nitro benzene ring substituents is 1. The lowest BCUT2D eigenvalue weighted by Gasteiger charge is -2.09. The third-order valence-electron chi connectivity index (χ3n) is 3.79. The van der Waals surface area contributed by atoms with Crippen molar-refractivity contribution in [3.05, 3.63) is 73.9 Å². The van der Waals surface area contributed by atoms with Gasteiger partial charge in [0, 0.05) is 29.1 Å². The summed E-state index contributed by atoms with van der Waals surface area (Å²) in [6.45, 7) is -0.125. The number of carbonyl (C=O) groups excluding carboxylic acids is 1. The van der Waals surface area contributed by atoms with Crippen LogP contribution in [0.2, 0.25) is 10.2 Å². The van der Waals surface area contributed by atoms with E-state index in [4.69, 9.17) is 32.7 Å². The van der Waals surface area contributed by atoms with Gasteiger partial charge in [-0.05, 0) is 24.3 Å². The summed E-state index contributed by atoms with van der Waals surface area (Å²) in [4.78, 5) is 26.6. The SMILES string of the molecule is COc1ccc2cc(COC(=O)c3ccc([N+](=O)[O-])cc3Cl)c(Cl)nc2c1. The van der Waals surface area contributed by atoms with Crippen molar-refractivity contribution in [2.75, 3.05) is 7.11 Å². The number of hydrogen-bond acceptors (Lipinski definition) is 6. The van der Waals surface area contributed by atoms with Gasteiger partial charge in [-0.25, -0.2) is 9.78 Å². The van der Waals surface area contributed by atoms with E-state index in [1.54, 1.807) is 25.3 Å². The number of esters is 1. The molecular weight excluding hydrogens is 395 g/mol. The van der Waals surface area contributed by atoms with Gasteiger partial charge in [0.2, 0.25) is 0 Å². The molecule has 2 aromatic carbocycles. The Morgan fingerprint density at radius 2 is 1.96 bits per heavy atom. The number of benzene rings is 2. The van der Waals surface area contributed by atoms with Crippen molar-refractivity contribution in [1.29, 1.82) is 0 Å². The molecule has 3 rings (SSSR count). The number of halogens is 2. The molecule has 0 unspecified atom stereocenters. The van der Waals surface area contributed by atoms with E-state index in [9.17, 15) is 14.9 Å². The van der Waals surface area contributed by atoms with Crippen LogP contribution in [0.1, 0.15) is 15.9 Å². The molecule has 138 valence electrons. The summed E-state index contributed by atoms with van der Waals surface area (Å²) in [5.74, 6) is -0.0705. The van der Waals surface area contributed by atoms with Crippen molar-refractivity contribution in [3.8, 4) is 5.75 Å². The first-order valence-corrected chi connectivity index (χ1v) is 8.39. The number of non-ortho nitro benzene ring substituents is 1. The number of ether oxygens (including phenoxy) is 2. The van der Waals surface area contributed by atoms with E-state index in [1.807, 2.05) is 6.07 Å². The highest BCUT2D eigenvalue weighted by Crippen LogP contribution is 2.26. The van der Waals surface area contributed by atoms with Crippen LogP contribution in [0.15, 0.2) is 42.5 Å². The number of aromatic nitrogens is 1. The van der Waals surface area contributed by atoms with Crippen molar-refractivity contribution in [3.63, 3.8) is 0 Å². The van der Waals surface area contributed by atoms with Crippen LogP contribution in [0.5, 0.6) is 5.75 Å². The number of nitro groups is 1. The zero-order valence-corrected chi connectivity index (χ0v) is 15.5. The topological polar surface area (TPSA) is 91.6 Å². The van der Waals surface area contributed by atoms with Gasteiger partial charge >= 0.3 is 5.97 Å². The third-order valence-corrected chi connectivity index (χ3v) is 4.43. The van der Waals surface area contributed by atoms with Gasteiger partial charge in [-0.2, -0.15) is 0 Å². The highest BCUT2D eigenvalue weighted by atomic mass is 35.5. The molecule has 0 atom stereocenters. The summed E-state index contributed by atoms with van der Waals surface area (Å²) in [7, 11) is 1.56. The molecular formula is C18H12Cl2N2O5. The average Bonchev–Trinajstić information content (AvgIpc) is 2.65. The van der Waals surface area contributed by atoms with Crippen molar-refractivity contribution in [2.24, 2.45) is 0 Å². The molecule has 0 aliphatic rings. The molecule has 0 N–H and O–H groups in total. The van der Waals surface area contributed by atoms with Crippen LogP contribution in [-0.2, 0) is 11.3 Å². The van der Waals surface area contributed by atoms with Gasteiger partial charge in [0.15, 0.2) is 0 Å². The Hall–Kier alpha value is -2.90. The second-order valence-electron chi connectivity index (χ2n) is 5.49. The molecule has 27 heavy (non-hydrogen) atoms. The zero-order valence-electron chi connectivity index (χ0n) is 13.9. The molecule has 0 aliphatic heterocycles. The quantitative estimate of drug-likeness (QED) is 0.261. The van der Waals surface area contributed by atoms with Gasteiger partial charge in [-0.1, -0.05) is 23.2 Å². The molecule has 0 amide bonds. The summed E-state index contributed by atoms with van der Waals surface area (Å²) in [6.07, 6.45) is 0. The van der Waals surface area contributed by atoms with Gasteiger partial charge < -0.3 is 9.47 Å². The largest absolute Gasteiger partial charge is 0.497 e. The van der Waals surface area contributed by atoms with E-state index in [1.165, 1.54) is 12.1 Å². The maximum Gasteiger partial charge on any atom is 0.339 e. The summed E-state index contributed by atoms with van der Waals surface area (Å²) in [6, 6.07) is 10.6. The number of rotatable bonds is 5. The number of hydrogen-bond donors (Lipinski definition) is 0. The smallest absolute Gasteiger partial charge is 0.339 e. The maximum absolute atomic E-state index is 12.2. The van der Waals surface area contributed by atoms with E-state index in [2.05, 4.69) is 4.98 Å². The lowest BCUT2D eigenvalue weighted by Crippen LogP contribution is -2.07. The standard InChI is InChI=1S/C18H12Cl2N2O5/c1-26-13-4-2-10-6-11(17(20)21-16(10)8-13)9-27-18(23)14-5-3-12(22(24)25)7-15(14)19/h2-8H,9H2,1H3. The van der Waals surface area contributed by atoms with Crippen LogP contribution in [0.3, 0.4) is 0 Å². The van der Waals surface area contributed by atoms with Gasteiger partial charge in [-0.3, -0.25) is 10.1 Å². The van der Waals surface area contributed by atoms with Crippen molar-refractivity contribution < 1.29 is 19.2 Å². The van der Waals surface area contributed by atoms with E-state index in [-0.39, 0.29) is 28.0 Å². The number of nitrogens with zero attached hydrogens (tertiary/aromatic N) is 2. The zero-order chi connectivity index (χ0) is 19.6. The van der Waals surface area contributed by atoms with Crippen LogP contribution in [0, 0.1) is 10.1 Å². The normalized spacial score (nSPS) is 10.6. The van der Waals surface area contributed by atoms with Gasteiger partial charge in [0.25, 0.3) is 5.69 Å². The lowest BCUT2D eigenvalue weighted by molar-refractivity contribution is -0.384. The molecule has 0 fully saturated rings. The minimum atomic E-state index is -0.721. The number of carbonyl (C=O) groups is 1. The second kappa shape index (κ2) is 7.77. The molecule has 0 aliphatic carbocycles. The van der Waals surface area contributed by atoms with E-state index in [0.29, 0.717) is 16.8 Å².